The Morgan fingerprint density at radius 2 is 2.08 bits per heavy atom. The quantitative estimate of drug-likeness (QED) is 0.900. The van der Waals surface area contributed by atoms with E-state index < -0.39 is 6.09 Å². The van der Waals surface area contributed by atoms with Crippen LogP contribution >= 0.6 is 11.6 Å². The molecule has 1 aliphatic rings. The molecular weight excluding hydrogens is 344 g/mol. The molecule has 1 amide bonds. The molecule has 1 saturated heterocycles. The van der Waals surface area contributed by atoms with Crippen LogP contribution in [0.1, 0.15) is 12.5 Å². The van der Waals surface area contributed by atoms with Crippen LogP contribution in [-0.4, -0.2) is 56.6 Å². The molecule has 0 bridgehead atoms. The van der Waals surface area contributed by atoms with Gasteiger partial charge >= 0.3 is 12.1 Å². The Kier molecular flexibility index (Phi) is 5.35. The molecule has 2 heterocycles. The first-order chi connectivity index (χ1) is 12.0. The number of nitrogens with zero attached hydrogens (tertiary/aromatic N) is 4. The van der Waals surface area contributed by atoms with Crippen LogP contribution in [0.2, 0.25) is 5.02 Å². The molecule has 0 radical (unpaired) electrons. The first-order valence-electron chi connectivity index (χ1n) is 7.97. The fraction of sp³-hybridized carbons (Fsp3) is 0.353. The Balaban J connectivity index is 1.68. The highest BCUT2D eigenvalue weighted by molar-refractivity contribution is 6.30. The second kappa shape index (κ2) is 7.67. The summed E-state index contributed by atoms with van der Waals surface area (Å²) < 4.78 is 5.65. The van der Waals surface area contributed by atoms with Crippen LogP contribution in [-0.2, 0) is 6.54 Å². The molecule has 1 atom stereocenters. The lowest BCUT2D eigenvalue weighted by molar-refractivity contribution is 0.0711. The van der Waals surface area contributed by atoms with Crippen LogP contribution in [0.4, 0.5) is 4.79 Å². The van der Waals surface area contributed by atoms with Crippen molar-refractivity contribution in [2.24, 2.45) is 0 Å². The van der Waals surface area contributed by atoms with Crippen molar-refractivity contribution in [1.29, 1.82) is 0 Å². The van der Waals surface area contributed by atoms with E-state index in [0.29, 0.717) is 37.0 Å². The molecule has 1 fully saturated rings. The van der Waals surface area contributed by atoms with Gasteiger partial charge in [0, 0.05) is 49.6 Å². The predicted molar refractivity (Wildman–Crippen MR) is 93.0 cm³/mol. The zero-order chi connectivity index (χ0) is 17.8. The summed E-state index contributed by atoms with van der Waals surface area (Å²) in [4.78, 5) is 22.9. The van der Waals surface area contributed by atoms with E-state index in [1.807, 2.05) is 19.1 Å². The number of rotatable bonds is 4. The number of halogens is 1. The molecular formula is C17H19ClN4O3. The van der Waals surface area contributed by atoms with Gasteiger partial charge in [-0.05, 0) is 36.8 Å². The number of hydrogen-bond acceptors (Lipinski definition) is 5. The normalized spacial score (nSPS) is 18.2. The van der Waals surface area contributed by atoms with E-state index in [9.17, 15) is 4.79 Å². The summed E-state index contributed by atoms with van der Waals surface area (Å²) in [5.74, 6) is 0.575. The standard InChI is InChI=1S/C17H19ClN4O3/c1-12-10-21(5-6-22(12)17(23)24)11-13-7-14(18)9-15(8-13)25-16-19-3-2-4-20-16/h2-4,7-9,12H,5-6,10-11H2,1H3,(H,23,24)/t12-/m1/s1. The third-order valence-corrected chi connectivity index (χ3v) is 4.26. The highest BCUT2D eigenvalue weighted by atomic mass is 35.5. The minimum Gasteiger partial charge on any atom is -0.465 e. The summed E-state index contributed by atoms with van der Waals surface area (Å²) in [6.07, 6.45) is 2.35. The third kappa shape index (κ3) is 4.58. The maximum atomic E-state index is 11.2. The Morgan fingerprint density at radius 1 is 1.32 bits per heavy atom. The number of amides is 1. The number of benzene rings is 1. The zero-order valence-electron chi connectivity index (χ0n) is 13.8. The zero-order valence-corrected chi connectivity index (χ0v) is 14.6. The van der Waals surface area contributed by atoms with Gasteiger partial charge in [-0.3, -0.25) is 4.90 Å². The maximum absolute atomic E-state index is 11.2. The van der Waals surface area contributed by atoms with Crippen molar-refractivity contribution < 1.29 is 14.6 Å². The summed E-state index contributed by atoms with van der Waals surface area (Å²) in [5, 5.41) is 9.73. The number of piperazine rings is 1. The van der Waals surface area contributed by atoms with Gasteiger partial charge in [-0.25, -0.2) is 14.8 Å². The van der Waals surface area contributed by atoms with Crippen molar-refractivity contribution in [1.82, 2.24) is 19.8 Å². The molecule has 25 heavy (non-hydrogen) atoms. The fourth-order valence-electron chi connectivity index (χ4n) is 2.93. The van der Waals surface area contributed by atoms with E-state index in [1.165, 1.54) is 4.90 Å². The molecule has 7 nitrogen and oxygen atoms in total. The topological polar surface area (TPSA) is 78.8 Å². The lowest BCUT2D eigenvalue weighted by Gasteiger charge is -2.38. The molecule has 0 spiro atoms. The molecule has 2 aromatic rings. The van der Waals surface area contributed by atoms with Gasteiger partial charge in [0.2, 0.25) is 0 Å². The molecule has 0 saturated carbocycles. The maximum Gasteiger partial charge on any atom is 0.407 e. The summed E-state index contributed by atoms with van der Waals surface area (Å²) >= 11 is 6.20. The first kappa shape index (κ1) is 17.4. The fourth-order valence-corrected chi connectivity index (χ4v) is 3.18. The summed E-state index contributed by atoms with van der Waals surface area (Å²) in [7, 11) is 0. The van der Waals surface area contributed by atoms with E-state index in [2.05, 4.69) is 14.9 Å². The van der Waals surface area contributed by atoms with Crippen molar-refractivity contribution in [2.45, 2.75) is 19.5 Å². The van der Waals surface area contributed by atoms with E-state index in [-0.39, 0.29) is 12.1 Å². The van der Waals surface area contributed by atoms with Crippen molar-refractivity contribution >= 4 is 17.7 Å². The molecule has 1 aromatic heterocycles. The van der Waals surface area contributed by atoms with Gasteiger partial charge in [-0.1, -0.05) is 11.6 Å². The molecule has 132 valence electrons. The van der Waals surface area contributed by atoms with Gasteiger partial charge in [-0.15, -0.1) is 0 Å². The molecule has 0 aliphatic carbocycles. The highest BCUT2D eigenvalue weighted by Gasteiger charge is 2.27. The first-order valence-corrected chi connectivity index (χ1v) is 8.35. The minimum absolute atomic E-state index is 0.0427. The van der Waals surface area contributed by atoms with E-state index in [4.69, 9.17) is 21.4 Å². The lowest BCUT2D eigenvalue weighted by atomic mass is 10.1. The Hall–Kier alpha value is -2.38. The number of carboxylic acid groups (broad SMARTS) is 1. The Labute approximate surface area is 150 Å². The molecule has 8 heteroatoms. The van der Waals surface area contributed by atoms with Gasteiger partial charge in [-0.2, -0.15) is 0 Å². The van der Waals surface area contributed by atoms with Crippen LogP contribution in [0.15, 0.2) is 36.7 Å². The average Bonchev–Trinajstić information content (AvgIpc) is 2.55. The van der Waals surface area contributed by atoms with E-state index in [1.54, 1.807) is 24.5 Å². The smallest absolute Gasteiger partial charge is 0.407 e. The van der Waals surface area contributed by atoms with Crippen LogP contribution in [0.5, 0.6) is 11.8 Å². The van der Waals surface area contributed by atoms with Crippen molar-refractivity contribution in [3.63, 3.8) is 0 Å². The van der Waals surface area contributed by atoms with Gasteiger partial charge in [0.05, 0.1) is 0 Å². The van der Waals surface area contributed by atoms with Crippen molar-refractivity contribution in [3.8, 4) is 11.8 Å². The van der Waals surface area contributed by atoms with E-state index >= 15 is 0 Å². The third-order valence-electron chi connectivity index (χ3n) is 4.05. The van der Waals surface area contributed by atoms with Crippen LogP contribution in [0.3, 0.4) is 0 Å². The molecule has 0 unspecified atom stereocenters. The van der Waals surface area contributed by atoms with Crippen molar-refractivity contribution in [3.05, 3.63) is 47.2 Å². The molecule has 1 N–H and O–H groups in total. The van der Waals surface area contributed by atoms with Crippen LogP contribution < -0.4 is 4.74 Å². The van der Waals surface area contributed by atoms with Crippen molar-refractivity contribution in [2.75, 3.05) is 19.6 Å². The lowest BCUT2D eigenvalue weighted by Crippen LogP contribution is -2.53. The van der Waals surface area contributed by atoms with E-state index in [0.717, 1.165) is 5.56 Å². The van der Waals surface area contributed by atoms with Gasteiger partial charge in [0.1, 0.15) is 5.75 Å². The summed E-state index contributed by atoms with van der Waals surface area (Å²) in [6, 6.07) is 7.43. The second-order valence-corrected chi connectivity index (χ2v) is 6.43. The summed E-state index contributed by atoms with van der Waals surface area (Å²) in [6.45, 7) is 4.44. The molecule has 1 aromatic carbocycles. The number of ether oxygens (including phenoxy) is 1. The number of aromatic nitrogens is 2. The Morgan fingerprint density at radius 3 is 2.76 bits per heavy atom. The SMILES string of the molecule is C[C@@H]1CN(Cc2cc(Cl)cc(Oc3ncccn3)c2)CCN1C(=O)O. The average molecular weight is 363 g/mol. The van der Waals surface area contributed by atoms with Crippen LogP contribution in [0.25, 0.3) is 0 Å². The van der Waals surface area contributed by atoms with Gasteiger partial charge in [0.15, 0.2) is 0 Å². The van der Waals surface area contributed by atoms with Gasteiger partial charge < -0.3 is 14.7 Å². The number of carbonyl (C=O) groups is 1. The molecule has 1 aliphatic heterocycles. The predicted octanol–water partition coefficient (Wildman–Crippen LogP) is 3.11. The van der Waals surface area contributed by atoms with Gasteiger partial charge in [0.25, 0.3) is 0 Å². The number of hydrogen-bond donors (Lipinski definition) is 1. The largest absolute Gasteiger partial charge is 0.465 e. The minimum atomic E-state index is -0.867. The monoisotopic (exact) mass is 362 g/mol. The Bertz CT molecular complexity index is 744. The highest BCUT2D eigenvalue weighted by Crippen LogP contribution is 2.25. The summed E-state index contributed by atoms with van der Waals surface area (Å²) in [5.41, 5.74) is 0.995. The van der Waals surface area contributed by atoms with Crippen LogP contribution in [0, 0.1) is 0 Å². The second-order valence-electron chi connectivity index (χ2n) is 5.99. The molecule has 3 rings (SSSR count).